The lowest BCUT2D eigenvalue weighted by Crippen LogP contribution is -3.19. The minimum atomic E-state index is -0.295. The molecule has 6 heteroatoms. The summed E-state index contributed by atoms with van der Waals surface area (Å²) < 4.78 is 5.28. The van der Waals surface area contributed by atoms with Gasteiger partial charge in [0.25, 0.3) is 5.91 Å². The summed E-state index contributed by atoms with van der Waals surface area (Å²) in [4.78, 5) is 30.8. The van der Waals surface area contributed by atoms with Crippen LogP contribution in [0.15, 0.2) is 48.5 Å². The first-order chi connectivity index (χ1) is 13.6. The number of quaternary nitrogens is 1. The lowest BCUT2D eigenvalue weighted by Gasteiger charge is -2.35. The highest BCUT2D eigenvalue weighted by molar-refractivity contribution is 6.22. The van der Waals surface area contributed by atoms with Gasteiger partial charge in [0, 0.05) is 11.8 Å². The van der Waals surface area contributed by atoms with Gasteiger partial charge in [0.15, 0.2) is 6.04 Å². The van der Waals surface area contributed by atoms with Crippen molar-refractivity contribution in [1.82, 2.24) is 0 Å². The third-order valence-corrected chi connectivity index (χ3v) is 5.82. The number of para-hydroxylation sites is 1. The number of amides is 2. The van der Waals surface area contributed by atoms with Crippen LogP contribution in [0.25, 0.3) is 0 Å². The first kappa shape index (κ1) is 18.5. The largest absolute Gasteiger partial charge is 0.497 e. The summed E-state index contributed by atoms with van der Waals surface area (Å²) in [5, 5.41) is 0. The number of hydrogen-bond donors (Lipinski definition) is 1. The maximum absolute atomic E-state index is 13.1. The average molecular weight is 380 g/mol. The minimum absolute atomic E-state index is 0.0930. The molecule has 2 fully saturated rings. The van der Waals surface area contributed by atoms with Crippen molar-refractivity contribution in [2.75, 3.05) is 43.1 Å². The molecule has 2 saturated heterocycles. The molecule has 0 aromatic heterocycles. The topological polar surface area (TPSA) is 54.3 Å². The molecule has 146 valence electrons. The van der Waals surface area contributed by atoms with Gasteiger partial charge in [-0.15, -0.1) is 0 Å². The summed E-state index contributed by atoms with van der Waals surface area (Å²) in [5.74, 6) is 0.433. The van der Waals surface area contributed by atoms with E-state index in [0.717, 1.165) is 31.7 Å². The molecular formula is C22H26N3O3+. The number of nitrogens with zero attached hydrogens (tertiary/aromatic N) is 2. The molecule has 1 N–H and O–H groups in total. The van der Waals surface area contributed by atoms with Gasteiger partial charge in [-0.05, 0) is 30.7 Å². The summed E-state index contributed by atoms with van der Waals surface area (Å²) in [5.41, 5.74) is 2.75. The fraction of sp³-hybridized carbons (Fsp3) is 0.364. The second kappa shape index (κ2) is 7.64. The summed E-state index contributed by atoms with van der Waals surface area (Å²) in [7, 11) is 1.58. The number of nitrogens with one attached hydrogen (secondary N) is 1. The van der Waals surface area contributed by atoms with Crippen LogP contribution in [0.2, 0.25) is 0 Å². The Morgan fingerprint density at radius 3 is 2.43 bits per heavy atom. The fourth-order valence-corrected chi connectivity index (χ4v) is 4.20. The Morgan fingerprint density at radius 1 is 1.04 bits per heavy atom. The molecule has 0 spiro atoms. The van der Waals surface area contributed by atoms with Crippen LogP contribution in [0.3, 0.4) is 0 Å². The van der Waals surface area contributed by atoms with Crippen LogP contribution in [0.4, 0.5) is 11.4 Å². The first-order valence-electron chi connectivity index (χ1n) is 9.74. The Balaban J connectivity index is 1.48. The van der Waals surface area contributed by atoms with Gasteiger partial charge in [0.05, 0.1) is 45.4 Å². The summed E-state index contributed by atoms with van der Waals surface area (Å²) >= 11 is 0. The van der Waals surface area contributed by atoms with Crippen LogP contribution in [0.1, 0.15) is 12.0 Å². The van der Waals surface area contributed by atoms with Gasteiger partial charge in [0.1, 0.15) is 5.75 Å². The zero-order valence-corrected chi connectivity index (χ0v) is 16.4. The molecule has 2 aliphatic rings. The van der Waals surface area contributed by atoms with E-state index in [4.69, 9.17) is 4.74 Å². The van der Waals surface area contributed by atoms with E-state index in [1.807, 2.05) is 37.3 Å². The number of carbonyl (C=O) groups is 2. The number of piperazine rings is 1. The van der Waals surface area contributed by atoms with Crippen molar-refractivity contribution in [2.45, 2.75) is 19.4 Å². The number of benzene rings is 2. The Kier molecular flexibility index (Phi) is 5.05. The SMILES string of the molecule is COc1ccc(C)c(N2C(=O)C[C@@H]([NH+]3CCN(c4ccccc4)CC3)C2=O)c1. The normalized spacial score (nSPS) is 20.7. The monoisotopic (exact) mass is 380 g/mol. The van der Waals surface area contributed by atoms with Crippen molar-refractivity contribution in [3.05, 3.63) is 54.1 Å². The highest BCUT2D eigenvalue weighted by atomic mass is 16.5. The van der Waals surface area contributed by atoms with Crippen molar-refractivity contribution in [3.63, 3.8) is 0 Å². The van der Waals surface area contributed by atoms with Crippen LogP contribution in [0, 0.1) is 6.92 Å². The van der Waals surface area contributed by atoms with E-state index in [0.29, 0.717) is 11.4 Å². The smallest absolute Gasteiger partial charge is 0.292 e. The highest BCUT2D eigenvalue weighted by Gasteiger charge is 2.46. The Bertz CT molecular complexity index is 876. The number of anilines is 2. The standard InChI is InChI=1S/C22H25N3O3/c1-16-8-9-18(28-2)14-19(16)25-21(26)15-20(22(25)27)24-12-10-23(11-13-24)17-6-4-3-5-7-17/h3-9,14,20H,10-13,15H2,1-2H3/p+1/t20-/m1/s1. The molecule has 1 atom stereocenters. The third kappa shape index (κ3) is 3.36. The predicted molar refractivity (Wildman–Crippen MR) is 108 cm³/mol. The summed E-state index contributed by atoms with van der Waals surface area (Å²) in [6, 6.07) is 15.5. The van der Waals surface area contributed by atoms with E-state index in [1.165, 1.54) is 15.5 Å². The van der Waals surface area contributed by atoms with E-state index in [9.17, 15) is 9.59 Å². The molecule has 0 saturated carbocycles. The van der Waals surface area contributed by atoms with Crippen LogP contribution in [0.5, 0.6) is 5.75 Å². The lowest BCUT2D eigenvalue weighted by molar-refractivity contribution is -0.915. The number of methoxy groups -OCH3 is 1. The molecule has 2 aromatic carbocycles. The summed E-state index contributed by atoms with van der Waals surface area (Å²) in [6.07, 6.45) is 0.274. The number of ether oxygens (including phenoxy) is 1. The van der Waals surface area contributed by atoms with E-state index < -0.39 is 0 Å². The quantitative estimate of drug-likeness (QED) is 0.806. The zero-order chi connectivity index (χ0) is 19.7. The molecule has 28 heavy (non-hydrogen) atoms. The molecule has 0 radical (unpaired) electrons. The van der Waals surface area contributed by atoms with Gasteiger partial charge in [-0.3, -0.25) is 9.59 Å². The molecule has 0 unspecified atom stereocenters. The minimum Gasteiger partial charge on any atom is -0.497 e. The van der Waals surface area contributed by atoms with Crippen molar-refractivity contribution < 1.29 is 19.2 Å². The highest BCUT2D eigenvalue weighted by Crippen LogP contribution is 2.29. The van der Waals surface area contributed by atoms with Crippen LogP contribution < -0.4 is 19.4 Å². The van der Waals surface area contributed by atoms with Gasteiger partial charge in [0.2, 0.25) is 5.91 Å². The predicted octanol–water partition coefficient (Wildman–Crippen LogP) is 1.04. The maximum Gasteiger partial charge on any atom is 0.292 e. The van der Waals surface area contributed by atoms with E-state index in [1.54, 1.807) is 13.2 Å². The van der Waals surface area contributed by atoms with E-state index in [2.05, 4.69) is 17.0 Å². The first-order valence-corrected chi connectivity index (χ1v) is 9.74. The Labute approximate surface area is 165 Å². The molecule has 2 amide bonds. The van der Waals surface area contributed by atoms with Crippen molar-refractivity contribution in [3.8, 4) is 5.75 Å². The Morgan fingerprint density at radius 2 is 1.75 bits per heavy atom. The number of rotatable bonds is 4. The van der Waals surface area contributed by atoms with Gasteiger partial charge in [-0.1, -0.05) is 24.3 Å². The van der Waals surface area contributed by atoms with Gasteiger partial charge in [-0.2, -0.15) is 0 Å². The number of imide groups is 1. The zero-order valence-electron chi connectivity index (χ0n) is 16.4. The summed E-state index contributed by atoms with van der Waals surface area (Å²) in [6.45, 7) is 5.38. The Hall–Kier alpha value is -2.86. The van der Waals surface area contributed by atoms with Crippen molar-refractivity contribution >= 4 is 23.2 Å². The number of aryl methyl sites for hydroxylation is 1. The third-order valence-electron chi connectivity index (χ3n) is 5.82. The lowest BCUT2D eigenvalue weighted by atomic mass is 10.1. The fourth-order valence-electron chi connectivity index (χ4n) is 4.20. The molecular weight excluding hydrogens is 354 g/mol. The molecule has 6 nitrogen and oxygen atoms in total. The average Bonchev–Trinajstić information content (AvgIpc) is 3.03. The van der Waals surface area contributed by atoms with Crippen molar-refractivity contribution in [1.29, 1.82) is 0 Å². The second-order valence-corrected chi connectivity index (χ2v) is 7.46. The van der Waals surface area contributed by atoms with Gasteiger partial charge in [-0.25, -0.2) is 4.90 Å². The molecule has 0 bridgehead atoms. The van der Waals surface area contributed by atoms with Crippen LogP contribution in [-0.4, -0.2) is 51.1 Å². The van der Waals surface area contributed by atoms with Gasteiger partial charge < -0.3 is 14.5 Å². The van der Waals surface area contributed by atoms with E-state index >= 15 is 0 Å². The molecule has 2 aromatic rings. The van der Waals surface area contributed by atoms with Crippen molar-refractivity contribution in [2.24, 2.45) is 0 Å². The molecule has 0 aliphatic carbocycles. The molecule has 2 aliphatic heterocycles. The van der Waals surface area contributed by atoms with Crippen LogP contribution in [-0.2, 0) is 9.59 Å². The molecule has 2 heterocycles. The number of hydrogen-bond acceptors (Lipinski definition) is 4. The maximum atomic E-state index is 13.1. The second-order valence-electron chi connectivity index (χ2n) is 7.46. The number of carbonyl (C=O) groups excluding carboxylic acids is 2. The van der Waals surface area contributed by atoms with Gasteiger partial charge >= 0.3 is 0 Å². The molecule has 4 rings (SSSR count). The van der Waals surface area contributed by atoms with Crippen LogP contribution >= 0.6 is 0 Å². The van der Waals surface area contributed by atoms with E-state index in [-0.39, 0.29) is 24.3 Å².